The van der Waals surface area contributed by atoms with Crippen LogP contribution in [0.5, 0.6) is 5.75 Å². The molecule has 0 fully saturated rings. The summed E-state index contributed by atoms with van der Waals surface area (Å²) in [5.74, 6) is -0.536. The number of nitrogens with zero attached hydrogens (tertiary/aromatic N) is 2. The van der Waals surface area contributed by atoms with Gasteiger partial charge in [-0.05, 0) is 43.3 Å². The van der Waals surface area contributed by atoms with Crippen LogP contribution in [0.4, 0.5) is 5.69 Å². The molecule has 8 nitrogen and oxygen atoms in total. The van der Waals surface area contributed by atoms with E-state index in [1.54, 1.807) is 55.6 Å². The summed E-state index contributed by atoms with van der Waals surface area (Å²) in [6.45, 7) is 1.12. The van der Waals surface area contributed by atoms with Crippen LogP contribution in [0, 0.1) is 0 Å². The van der Waals surface area contributed by atoms with Crippen molar-refractivity contribution in [3.63, 3.8) is 0 Å². The average Bonchev–Trinajstić information content (AvgIpc) is 2.70. The topological polar surface area (TPSA) is 99.5 Å². The summed E-state index contributed by atoms with van der Waals surface area (Å²) in [7, 11) is 1.55. The number of nitrogens with one attached hydrogen (secondary N) is 1. The molecule has 1 aromatic heterocycles. The molecule has 1 heterocycles. The quantitative estimate of drug-likeness (QED) is 0.656. The number of benzene rings is 2. The highest BCUT2D eigenvalue weighted by atomic mass is 16.5. The number of para-hydroxylation sites is 1. The van der Waals surface area contributed by atoms with Crippen LogP contribution in [0.3, 0.4) is 0 Å². The van der Waals surface area contributed by atoms with Gasteiger partial charge in [0.2, 0.25) is 0 Å². The van der Waals surface area contributed by atoms with Gasteiger partial charge in [-0.25, -0.2) is 4.98 Å². The van der Waals surface area contributed by atoms with Crippen LogP contribution in [-0.2, 0) is 20.9 Å². The van der Waals surface area contributed by atoms with E-state index in [1.165, 1.54) is 13.3 Å². The molecule has 0 saturated carbocycles. The standard InChI is InChI=1S/C20H19N3O5/c1-13(19(25)22-14-7-9-15(27-2)10-8-14)28-18(24)11-23-12-21-17-6-4-3-5-16(17)20(23)26/h3-10,12-13H,11H2,1-2H3,(H,22,25)/t13-/m0/s1. The molecule has 0 saturated heterocycles. The van der Waals surface area contributed by atoms with Gasteiger partial charge in [0.05, 0.1) is 24.3 Å². The Morgan fingerprint density at radius 3 is 2.57 bits per heavy atom. The molecule has 0 aliphatic heterocycles. The van der Waals surface area contributed by atoms with Gasteiger partial charge in [-0.2, -0.15) is 0 Å². The van der Waals surface area contributed by atoms with E-state index in [0.717, 1.165) is 4.57 Å². The summed E-state index contributed by atoms with van der Waals surface area (Å²) in [6.07, 6.45) is 0.257. The highest BCUT2D eigenvalue weighted by molar-refractivity contribution is 5.95. The highest BCUT2D eigenvalue weighted by Gasteiger charge is 2.19. The number of amides is 1. The van der Waals surface area contributed by atoms with E-state index in [0.29, 0.717) is 22.3 Å². The number of rotatable bonds is 6. The Bertz CT molecular complexity index is 1060. The van der Waals surface area contributed by atoms with Crippen molar-refractivity contribution in [3.8, 4) is 5.75 Å². The zero-order valence-corrected chi connectivity index (χ0v) is 15.4. The molecule has 1 N–H and O–H groups in total. The largest absolute Gasteiger partial charge is 0.497 e. The Morgan fingerprint density at radius 2 is 1.86 bits per heavy atom. The lowest BCUT2D eigenvalue weighted by atomic mass is 10.2. The van der Waals surface area contributed by atoms with E-state index in [-0.39, 0.29) is 12.1 Å². The van der Waals surface area contributed by atoms with Crippen molar-refractivity contribution < 1.29 is 19.1 Å². The highest BCUT2D eigenvalue weighted by Crippen LogP contribution is 2.15. The molecule has 0 bridgehead atoms. The summed E-state index contributed by atoms with van der Waals surface area (Å²) in [6, 6.07) is 13.6. The van der Waals surface area contributed by atoms with E-state index >= 15 is 0 Å². The molecule has 28 heavy (non-hydrogen) atoms. The lowest BCUT2D eigenvalue weighted by Crippen LogP contribution is -2.33. The number of ether oxygens (including phenoxy) is 2. The van der Waals surface area contributed by atoms with Crippen LogP contribution < -0.4 is 15.6 Å². The molecule has 3 aromatic rings. The normalized spacial score (nSPS) is 11.6. The SMILES string of the molecule is COc1ccc(NC(=O)[C@H](C)OC(=O)Cn2cnc3ccccc3c2=O)cc1. The van der Waals surface area contributed by atoms with Gasteiger partial charge in [0.15, 0.2) is 6.10 Å². The van der Waals surface area contributed by atoms with Crippen molar-refractivity contribution in [3.05, 3.63) is 65.2 Å². The Kier molecular flexibility index (Phi) is 5.69. The van der Waals surface area contributed by atoms with E-state index < -0.39 is 18.0 Å². The Balaban J connectivity index is 1.61. The van der Waals surface area contributed by atoms with E-state index in [2.05, 4.69) is 10.3 Å². The van der Waals surface area contributed by atoms with Crippen molar-refractivity contribution in [1.29, 1.82) is 0 Å². The van der Waals surface area contributed by atoms with Crippen LogP contribution >= 0.6 is 0 Å². The van der Waals surface area contributed by atoms with Crippen molar-refractivity contribution >= 4 is 28.5 Å². The minimum absolute atomic E-state index is 0.336. The number of esters is 1. The summed E-state index contributed by atoms with van der Waals surface area (Å²) in [4.78, 5) is 40.9. The smallest absolute Gasteiger partial charge is 0.326 e. The first-order valence-electron chi connectivity index (χ1n) is 8.56. The number of anilines is 1. The zero-order valence-electron chi connectivity index (χ0n) is 15.4. The number of aromatic nitrogens is 2. The van der Waals surface area contributed by atoms with E-state index in [9.17, 15) is 14.4 Å². The van der Waals surface area contributed by atoms with Gasteiger partial charge in [0.1, 0.15) is 12.3 Å². The monoisotopic (exact) mass is 381 g/mol. The molecule has 0 radical (unpaired) electrons. The molecule has 0 unspecified atom stereocenters. The van der Waals surface area contributed by atoms with Crippen LogP contribution in [0.15, 0.2) is 59.7 Å². The minimum atomic E-state index is -1.03. The molecule has 3 rings (SSSR count). The summed E-state index contributed by atoms with van der Waals surface area (Å²) in [5, 5.41) is 3.05. The van der Waals surface area contributed by atoms with Crippen LogP contribution in [0.25, 0.3) is 10.9 Å². The van der Waals surface area contributed by atoms with Gasteiger partial charge in [-0.15, -0.1) is 0 Å². The lowest BCUT2D eigenvalue weighted by Gasteiger charge is -2.14. The third kappa shape index (κ3) is 4.35. The fourth-order valence-corrected chi connectivity index (χ4v) is 2.56. The summed E-state index contributed by atoms with van der Waals surface area (Å²) >= 11 is 0. The second-order valence-electron chi connectivity index (χ2n) is 6.04. The molecular formula is C20H19N3O5. The van der Waals surface area contributed by atoms with Crippen LogP contribution in [-0.4, -0.2) is 34.6 Å². The van der Waals surface area contributed by atoms with Crippen molar-refractivity contribution in [2.45, 2.75) is 19.6 Å². The number of methoxy groups -OCH3 is 1. The van der Waals surface area contributed by atoms with Gasteiger partial charge >= 0.3 is 5.97 Å². The first-order chi connectivity index (χ1) is 13.5. The first kappa shape index (κ1) is 19.1. The number of carbonyl (C=O) groups is 2. The van der Waals surface area contributed by atoms with Crippen molar-refractivity contribution in [1.82, 2.24) is 9.55 Å². The third-order valence-corrected chi connectivity index (χ3v) is 4.07. The number of hydrogen-bond donors (Lipinski definition) is 1. The fourth-order valence-electron chi connectivity index (χ4n) is 2.56. The van der Waals surface area contributed by atoms with Crippen LogP contribution in [0.2, 0.25) is 0 Å². The lowest BCUT2D eigenvalue weighted by molar-refractivity contribution is -0.153. The molecule has 1 atom stereocenters. The predicted octanol–water partition coefficient (Wildman–Crippen LogP) is 1.98. The van der Waals surface area contributed by atoms with Crippen molar-refractivity contribution in [2.24, 2.45) is 0 Å². The summed E-state index contributed by atoms with van der Waals surface area (Å²) in [5.41, 5.74) is 0.742. The molecule has 8 heteroatoms. The zero-order chi connectivity index (χ0) is 20.1. The van der Waals surface area contributed by atoms with Crippen molar-refractivity contribution in [2.75, 3.05) is 12.4 Å². The molecule has 0 spiro atoms. The molecule has 2 aromatic carbocycles. The maximum Gasteiger partial charge on any atom is 0.326 e. The molecule has 144 valence electrons. The average molecular weight is 381 g/mol. The fraction of sp³-hybridized carbons (Fsp3) is 0.200. The second-order valence-corrected chi connectivity index (χ2v) is 6.04. The first-order valence-corrected chi connectivity index (χ1v) is 8.56. The third-order valence-electron chi connectivity index (χ3n) is 4.07. The summed E-state index contributed by atoms with van der Waals surface area (Å²) < 4.78 is 11.3. The number of carbonyl (C=O) groups excluding carboxylic acids is 2. The van der Waals surface area contributed by atoms with Gasteiger partial charge < -0.3 is 14.8 Å². The van der Waals surface area contributed by atoms with Crippen LogP contribution in [0.1, 0.15) is 6.92 Å². The molecular weight excluding hydrogens is 362 g/mol. The van der Waals surface area contributed by atoms with Gasteiger partial charge in [-0.3, -0.25) is 19.0 Å². The van der Waals surface area contributed by atoms with Gasteiger partial charge in [0, 0.05) is 5.69 Å². The van der Waals surface area contributed by atoms with Gasteiger partial charge in [-0.1, -0.05) is 12.1 Å². The Labute approximate surface area is 160 Å². The number of hydrogen-bond acceptors (Lipinski definition) is 6. The maximum atomic E-state index is 12.4. The molecule has 1 amide bonds. The minimum Gasteiger partial charge on any atom is -0.497 e. The molecule has 0 aliphatic carbocycles. The van der Waals surface area contributed by atoms with E-state index in [4.69, 9.17) is 9.47 Å². The maximum absolute atomic E-state index is 12.4. The Morgan fingerprint density at radius 1 is 1.14 bits per heavy atom. The predicted molar refractivity (Wildman–Crippen MR) is 103 cm³/mol. The van der Waals surface area contributed by atoms with Gasteiger partial charge in [0.25, 0.3) is 11.5 Å². The molecule has 0 aliphatic rings. The second kappa shape index (κ2) is 8.34. The Hall–Kier alpha value is -3.68. The number of fused-ring (bicyclic) bond motifs is 1. The van der Waals surface area contributed by atoms with E-state index in [1.807, 2.05) is 0 Å².